The molecule has 0 atom stereocenters. The second-order valence-corrected chi connectivity index (χ2v) is 6.19. The highest BCUT2D eigenvalue weighted by atomic mass is 35.5. The van der Waals surface area contributed by atoms with Crippen LogP contribution in [0.5, 0.6) is 0 Å². The number of fused-ring (bicyclic) bond motifs is 1. The zero-order chi connectivity index (χ0) is 16.4. The average Bonchev–Trinajstić information content (AvgIpc) is 3.10. The Kier molecular flexibility index (Phi) is 5.93. The molecule has 0 spiro atoms. The van der Waals surface area contributed by atoms with Gasteiger partial charge in [0.1, 0.15) is 10.6 Å². The van der Waals surface area contributed by atoms with Gasteiger partial charge in [0.15, 0.2) is 0 Å². The zero-order valence-corrected chi connectivity index (χ0v) is 14.9. The van der Waals surface area contributed by atoms with E-state index in [1.807, 2.05) is 20.0 Å². The molecule has 1 aromatic carbocycles. The maximum absolute atomic E-state index is 13.1. The van der Waals surface area contributed by atoms with Gasteiger partial charge in [-0.15, -0.1) is 23.7 Å². The summed E-state index contributed by atoms with van der Waals surface area (Å²) in [5.41, 5.74) is 1.61. The molecule has 0 fully saturated rings. The van der Waals surface area contributed by atoms with Crippen molar-refractivity contribution in [1.82, 2.24) is 20.4 Å². The average molecular weight is 369 g/mol. The monoisotopic (exact) mass is 368 g/mol. The maximum atomic E-state index is 13.1. The number of nitrogens with one attached hydrogen (secondary N) is 2. The lowest BCUT2D eigenvalue weighted by Gasteiger charge is -2.03. The SMILES string of the molecule is CNCCNC(=O)c1cc2c(C)nn(-c3ccc(F)cc3)c2s1.Cl. The van der Waals surface area contributed by atoms with Gasteiger partial charge in [-0.3, -0.25) is 4.79 Å². The maximum Gasteiger partial charge on any atom is 0.261 e. The second kappa shape index (κ2) is 7.74. The van der Waals surface area contributed by atoms with Crippen LogP contribution in [0.3, 0.4) is 0 Å². The molecule has 0 aliphatic carbocycles. The fourth-order valence-electron chi connectivity index (χ4n) is 2.30. The number of carbonyl (C=O) groups is 1. The van der Waals surface area contributed by atoms with E-state index in [9.17, 15) is 9.18 Å². The summed E-state index contributed by atoms with van der Waals surface area (Å²) in [6.45, 7) is 3.20. The van der Waals surface area contributed by atoms with Crippen molar-refractivity contribution in [1.29, 1.82) is 0 Å². The molecule has 0 saturated carbocycles. The molecule has 0 aliphatic heterocycles. The minimum atomic E-state index is -0.287. The zero-order valence-electron chi connectivity index (χ0n) is 13.3. The van der Waals surface area contributed by atoms with Crippen molar-refractivity contribution in [3.63, 3.8) is 0 Å². The first-order valence-corrected chi connectivity index (χ1v) is 8.09. The van der Waals surface area contributed by atoms with E-state index >= 15 is 0 Å². The summed E-state index contributed by atoms with van der Waals surface area (Å²) in [5.74, 6) is -0.379. The Labute approximate surface area is 149 Å². The van der Waals surface area contributed by atoms with Gasteiger partial charge in [0, 0.05) is 18.5 Å². The van der Waals surface area contributed by atoms with Gasteiger partial charge in [0.25, 0.3) is 5.91 Å². The first-order valence-electron chi connectivity index (χ1n) is 7.28. The van der Waals surface area contributed by atoms with Gasteiger partial charge in [0.2, 0.25) is 0 Å². The molecule has 1 amide bonds. The van der Waals surface area contributed by atoms with Crippen LogP contribution in [0.15, 0.2) is 30.3 Å². The van der Waals surface area contributed by atoms with Gasteiger partial charge >= 0.3 is 0 Å². The van der Waals surface area contributed by atoms with Gasteiger partial charge < -0.3 is 10.6 Å². The lowest BCUT2D eigenvalue weighted by molar-refractivity contribution is 0.0958. The second-order valence-electron chi connectivity index (χ2n) is 5.16. The molecular formula is C16H18ClFN4OS. The molecule has 2 heterocycles. The number of hydrogen-bond donors (Lipinski definition) is 2. The van der Waals surface area contributed by atoms with Crippen LogP contribution < -0.4 is 10.6 Å². The van der Waals surface area contributed by atoms with Crippen LogP contribution in [0.4, 0.5) is 4.39 Å². The van der Waals surface area contributed by atoms with Gasteiger partial charge in [-0.05, 0) is 44.3 Å². The molecule has 0 unspecified atom stereocenters. The lowest BCUT2D eigenvalue weighted by atomic mass is 10.3. The summed E-state index contributed by atoms with van der Waals surface area (Å²) in [6, 6.07) is 8.01. The normalized spacial score (nSPS) is 10.6. The molecule has 3 aromatic rings. The minimum Gasteiger partial charge on any atom is -0.350 e. The molecule has 2 aromatic heterocycles. The largest absolute Gasteiger partial charge is 0.350 e. The van der Waals surface area contributed by atoms with Gasteiger partial charge in [-0.25, -0.2) is 9.07 Å². The molecule has 24 heavy (non-hydrogen) atoms. The molecule has 2 N–H and O–H groups in total. The Bertz CT molecular complexity index is 844. The number of thiophene rings is 1. The Morgan fingerprint density at radius 1 is 1.29 bits per heavy atom. The smallest absolute Gasteiger partial charge is 0.261 e. The summed E-state index contributed by atoms with van der Waals surface area (Å²) >= 11 is 1.38. The fourth-order valence-corrected chi connectivity index (χ4v) is 3.40. The van der Waals surface area contributed by atoms with Crippen LogP contribution in [0.25, 0.3) is 15.9 Å². The van der Waals surface area contributed by atoms with E-state index in [0.29, 0.717) is 11.4 Å². The summed E-state index contributed by atoms with van der Waals surface area (Å²) in [4.78, 5) is 13.7. The van der Waals surface area contributed by atoms with Gasteiger partial charge in [-0.2, -0.15) is 5.10 Å². The molecule has 128 valence electrons. The molecule has 3 rings (SSSR count). The third kappa shape index (κ3) is 3.58. The number of aromatic nitrogens is 2. The summed E-state index contributed by atoms with van der Waals surface area (Å²) in [7, 11) is 1.84. The van der Waals surface area contributed by atoms with Crippen LogP contribution >= 0.6 is 23.7 Å². The standard InChI is InChI=1S/C16H17FN4OS.ClH/c1-10-13-9-14(15(22)19-8-7-18-2)23-16(13)21(20-10)12-5-3-11(17)4-6-12;/h3-6,9,18H,7-8H2,1-2H3,(H,19,22);1H. The van der Waals surface area contributed by atoms with Crippen LogP contribution in [0.1, 0.15) is 15.4 Å². The Morgan fingerprint density at radius 3 is 2.67 bits per heavy atom. The molecule has 0 radical (unpaired) electrons. The highest BCUT2D eigenvalue weighted by Crippen LogP contribution is 2.30. The van der Waals surface area contributed by atoms with Gasteiger partial charge in [-0.1, -0.05) is 0 Å². The third-order valence-corrected chi connectivity index (χ3v) is 4.61. The number of aryl methyl sites for hydroxylation is 1. The number of nitrogens with zero attached hydrogens (tertiary/aromatic N) is 2. The molecule has 0 aliphatic rings. The van der Waals surface area contributed by atoms with Crippen molar-refractivity contribution in [3.8, 4) is 5.69 Å². The topological polar surface area (TPSA) is 58.9 Å². The molecule has 5 nitrogen and oxygen atoms in total. The predicted molar refractivity (Wildman–Crippen MR) is 97.1 cm³/mol. The van der Waals surface area contributed by atoms with E-state index in [2.05, 4.69) is 15.7 Å². The molecule has 8 heteroatoms. The van der Waals surface area contributed by atoms with Crippen LogP contribution in [-0.2, 0) is 0 Å². The van der Waals surface area contributed by atoms with Crippen LogP contribution in [0.2, 0.25) is 0 Å². The summed E-state index contributed by atoms with van der Waals surface area (Å²) < 4.78 is 14.8. The van der Waals surface area contributed by atoms with Crippen molar-refractivity contribution in [2.45, 2.75) is 6.92 Å². The number of hydrogen-bond acceptors (Lipinski definition) is 4. The van der Waals surface area contributed by atoms with E-state index in [1.54, 1.807) is 16.8 Å². The van der Waals surface area contributed by atoms with Crippen molar-refractivity contribution < 1.29 is 9.18 Å². The van der Waals surface area contributed by atoms with E-state index in [0.717, 1.165) is 28.1 Å². The van der Waals surface area contributed by atoms with E-state index < -0.39 is 0 Å². The highest BCUT2D eigenvalue weighted by molar-refractivity contribution is 7.20. The molecular weight excluding hydrogens is 351 g/mol. The Hall–Kier alpha value is -1.96. The first-order chi connectivity index (χ1) is 11.1. The summed E-state index contributed by atoms with van der Waals surface area (Å²) in [6.07, 6.45) is 0. The summed E-state index contributed by atoms with van der Waals surface area (Å²) in [5, 5.41) is 11.3. The molecule has 0 bridgehead atoms. The highest BCUT2D eigenvalue weighted by Gasteiger charge is 2.16. The third-order valence-electron chi connectivity index (χ3n) is 3.50. The number of halogens is 2. The lowest BCUT2D eigenvalue weighted by Crippen LogP contribution is -2.29. The van der Waals surface area contributed by atoms with E-state index in [1.165, 1.54) is 23.5 Å². The first kappa shape index (κ1) is 18.4. The van der Waals surface area contributed by atoms with E-state index in [4.69, 9.17) is 0 Å². The van der Waals surface area contributed by atoms with Gasteiger partial charge in [0.05, 0.1) is 16.3 Å². The number of carbonyl (C=O) groups excluding carboxylic acids is 1. The van der Waals surface area contributed by atoms with Crippen LogP contribution in [-0.4, -0.2) is 35.8 Å². The number of rotatable bonds is 5. The predicted octanol–water partition coefficient (Wildman–Crippen LogP) is 2.91. The van der Waals surface area contributed by atoms with Crippen molar-refractivity contribution in [2.75, 3.05) is 20.1 Å². The Morgan fingerprint density at radius 2 is 2.00 bits per heavy atom. The number of amides is 1. The van der Waals surface area contributed by atoms with Crippen molar-refractivity contribution in [3.05, 3.63) is 46.7 Å². The quantitative estimate of drug-likeness (QED) is 0.681. The number of benzene rings is 1. The Balaban J connectivity index is 0.00000208. The van der Waals surface area contributed by atoms with Crippen molar-refractivity contribution >= 4 is 39.9 Å². The minimum absolute atomic E-state index is 0. The van der Waals surface area contributed by atoms with E-state index in [-0.39, 0.29) is 24.1 Å². The number of likely N-dealkylation sites (N-methyl/N-ethyl adjacent to an activating group) is 1. The fraction of sp³-hybridized carbons (Fsp3) is 0.250. The van der Waals surface area contributed by atoms with Crippen molar-refractivity contribution in [2.24, 2.45) is 0 Å². The molecule has 0 saturated heterocycles. The van der Waals surface area contributed by atoms with Crippen LogP contribution in [0, 0.1) is 12.7 Å².